The lowest BCUT2D eigenvalue weighted by Crippen LogP contribution is -2.22. The first-order valence-corrected chi connectivity index (χ1v) is 6.15. The van der Waals surface area contributed by atoms with Crippen molar-refractivity contribution in [3.63, 3.8) is 0 Å². The summed E-state index contributed by atoms with van der Waals surface area (Å²) in [4.78, 5) is 34.3. The van der Waals surface area contributed by atoms with Crippen LogP contribution in [-0.2, 0) is 11.3 Å². The summed E-state index contributed by atoms with van der Waals surface area (Å²) in [6, 6.07) is 5.78. The molecule has 0 spiro atoms. The summed E-state index contributed by atoms with van der Waals surface area (Å²) in [6.45, 7) is -0.351. The van der Waals surface area contributed by atoms with Gasteiger partial charge in [0, 0.05) is 24.5 Å². The average Bonchev–Trinajstić information content (AvgIpc) is 2.50. The van der Waals surface area contributed by atoms with Crippen LogP contribution in [0.25, 0.3) is 0 Å². The maximum absolute atomic E-state index is 11.1. The van der Waals surface area contributed by atoms with Gasteiger partial charge in [-0.15, -0.1) is 0 Å². The first-order valence-electron chi connectivity index (χ1n) is 6.15. The van der Waals surface area contributed by atoms with E-state index in [-0.39, 0.29) is 17.7 Å². The van der Waals surface area contributed by atoms with Gasteiger partial charge in [-0.3, -0.25) is 14.4 Å². The summed E-state index contributed by atoms with van der Waals surface area (Å²) < 4.78 is 10.7. The van der Waals surface area contributed by atoms with Crippen LogP contribution in [0.5, 0.6) is 11.5 Å². The SMILES string of the molecule is COc1ccc(=O)[nH]c1.COc1ccc(=O)n(CC(=O)O)c1. The lowest BCUT2D eigenvalue weighted by atomic mass is 10.4. The zero-order chi connectivity index (χ0) is 16.5. The van der Waals surface area contributed by atoms with Crippen LogP contribution in [0.15, 0.2) is 46.2 Å². The summed E-state index contributed by atoms with van der Waals surface area (Å²) >= 11 is 0. The van der Waals surface area contributed by atoms with Crippen LogP contribution in [-0.4, -0.2) is 34.8 Å². The van der Waals surface area contributed by atoms with Gasteiger partial charge in [-0.2, -0.15) is 0 Å². The van der Waals surface area contributed by atoms with E-state index in [4.69, 9.17) is 14.6 Å². The molecular formula is C14H16N2O6. The minimum Gasteiger partial charge on any atom is -0.495 e. The molecule has 0 aliphatic rings. The lowest BCUT2D eigenvalue weighted by Gasteiger charge is -2.03. The second-order valence-corrected chi connectivity index (χ2v) is 4.02. The highest BCUT2D eigenvalue weighted by Gasteiger charge is 2.02. The fourth-order valence-electron chi connectivity index (χ4n) is 1.42. The van der Waals surface area contributed by atoms with E-state index in [1.54, 1.807) is 13.2 Å². The van der Waals surface area contributed by atoms with E-state index in [2.05, 4.69) is 4.98 Å². The molecule has 118 valence electrons. The van der Waals surface area contributed by atoms with Gasteiger partial charge in [0.2, 0.25) is 5.56 Å². The quantitative estimate of drug-likeness (QED) is 0.842. The van der Waals surface area contributed by atoms with Crippen LogP contribution < -0.4 is 20.6 Å². The number of carboxylic acid groups (broad SMARTS) is 1. The molecule has 2 heterocycles. The summed E-state index contributed by atoms with van der Waals surface area (Å²) in [5.74, 6) is 0.0609. The molecule has 0 aromatic carbocycles. The Kier molecular flexibility index (Phi) is 6.42. The average molecular weight is 308 g/mol. The van der Waals surface area contributed by atoms with E-state index < -0.39 is 5.97 Å². The minimum atomic E-state index is -1.06. The van der Waals surface area contributed by atoms with Gasteiger partial charge < -0.3 is 24.1 Å². The Morgan fingerprint density at radius 3 is 2.27 bits per heavy atom. The van der Waals surface area contributed by atoms with Crippen molar-refractivity contribution in [1.29, 1.82) is 0 Å². The van der Waals surface area contributed by atoms with Crippen molar-refractivity contribution in [3.8, 4) is 11.5 Å². The molecule has 22 heavy (non-hydrogen) atoms. The number of H-pyrrole nitrogens is 1. The molecule has 2 aromatic heterocycles. The van der Waals surface area contributed by atoms with E-state index in [1.807, 2.05) is 0 Å². The number of methoxy groups -OCH3 is 2. The Bertz CT molecular complexity index is 714. The number of aromatic nitrogens is 2. The van der Waals surface area contributed by atoms with Crippen molar-refractivity contribution in [1.82, 2.24) is 9.55 Å². The maximum Gasteiger partial charge on any atom is 0.323 e. The first kappa shape index (κ1) is 17.0. The molecule has 0 saturated heterocycles. The van der Waals surface area contributed by atoms with Crippen LogP contribution in [0, 0.1) is 0 Å². The van der Waals surface area contributed by atoms with Crippen LogP contribution in [0.4, 0.5) is 0 Å². The van der Waals surface area contributed by atoms with Gasteiger partial charge >= 0.3 is 5.97 Å². The largest absolute Gasteiger partial charge is 0.495 e. The number of aliphatic carboxylic acids is 1. The van der Waals surface area contributed by atoms with E-state index in [1.165, 1.54) is 37.7 Å². The lowest BCUT2D eigenvalue weighted by molar-refractivity contribution is -0.137. The summed E-state index contributed by atoms with van der Waals surface area (Å²) in [5.41, 5.74) is -0.473. The predicted octanol–water partition coefficient (Wildman–Crippen LogP) is 0.325. The number of nitrogens with zero attached hydrogens (tertiary/aromatic N) is 1. The highest BCUT2D eigenvalue weighted by Crippen LogP contribution is 2.04. The summed E-state index contributed by atoms with van der Waals surface area (Å²) in [7, 11) is 3.00. The molecule has 0 saturated carbocycles. The van der Waals surface area contributed by atoms with Gasteiger partial charge in [-0.25, -0.2) is 0 Å². The van der Waals surface area contributed by atoms with Gasteiger partial charge in [0.25, 0.3) is 5.56 Å². The summed E-state index contributed by atoms with van der Waals surface area (Å²) in [6.07, 6.45) is 2.87. The van der Waals surface area contributed by atoms with Gasteiger partial charge in [-0.1, -0.05) is 0 Å². The third kappa shape index (κ3) is 5.53. The van der Waals surface area contributed by atoms with Gasteiger partial charge in [0.1, 0.15) is 18.0 Å². The molecule has 0 aliphatic carbocycles. The van der Waals surface area contributed by atoms with E-state index >= 15 is 0 Å². The van der Waals surface area contributed by atoms with Gasteiger partial charge in [0.15, 0.2) is 0 Å². The number of hydrogen-bond donors (Lipinski definition) is 2. The molecule has 0 fully saturated rings. The molecule has 0 unspecified atom stereocenters. The standard InChI is InChI=1S/C8H9NO4.C6H7NO2/c1-13-6-2-3-7(10)9(4-6)5-8(11)12;1-9-5-2-3-6(8)7-4-5/h2-4H,5H2,1H3,(H,11,12);2-4H,1H3,(H,7,8). The van der Waals surface area contributed by atoms with Crippen LogP contribution in [0.2, 0.25) is 0 Å². The maximum atomic E-state index is 11.1. The Morgan fingerprint density at radius 2 is 1.77 bits per heavy atom. The first-order chi connectivity index (χ1) is 10.5. The molecule has 2 aromatic rings. The van der Waals surface area contributed by atoms with Crippen molar-refractivity contribution in [2.24, 2.45) is 0 Å². The zero-order valence-electron chi connectivity index (χ0n) is 12.1. The molecule has 0 bridgehead atoms. The fourth-order valence-corrected chi connectivity index (χ4v) is 1.42. The molecular weight excluding hydrogens is 292 g/mol. The third-order valence-electron chi connectivity index (χ3n) is 2.49. The van der Waals surface area contributed by atoms with Crippen LogP contribution >= 0.6 is 0 Å². The number of aromatic amines is 1. The molecule has 0 radical (unpaired) electrons. The normalized spacial score (nSPS) is 9.36. The van der Waals surface area contributed by atoms with E-state index in [0.29, 0.717) is 11.5 Å². The Balaban J connectivity index is 0.000000235. The smallest absolute Gasteiger partial charge is 0.323 e. The van der Waals surface area contributed by atoms with E-state index in [9.17, 15) is 14.4 Å². The predicted molar refractivity (Wildman–Crippen MR) is 78.5 cm³/mol. The number of rotatable bonds is 4. The molecule has 2 rings (SSSR count). The number of carbonyl (C=O) groups is 1. The highest BCUT2D eigenvalue weighted by atomic mass is 16.5. The van der Waals surface area contributed by atoms with Gasteiger partial charge in [0.05, 0.1) is 14.2 Å². The number of nitrogens with one attached hydrogen (secondary N) is 1. The van der Waals surface area contributed by atoms with Crippen LogP contribution in [0.1, 0.15) is 0 Å². The van der Waals surface area contributed by atoms with Crippen molar-refractivity contribution >= 4 is 5.97 Å². The van der Waals surface area contributed by atoms with Crippen molar-refractivity contribution in [2.45, 2.75) is 6.54 Å². The molecule has 8 heteroatoms. The fraction of sp³-hybridized carbons (Fsp3) is 0.214. The highest BCUT2D eigenvalue weighted by molar-refractivity contribution is 5.66. The number of pyridine rings is 2. The second-order valence-electron chi connectivity index (χ2n) is 4.02. The molecule has 8 nitrogen and oxygen atoms in total. The number of hydrogen-bond acceptors (Lipinski definition) is 5. The van der Waals surface area contributed by atoms with Gasteiger partial charge in [-0.05, 0) is 12.1 Å². The summed E-state index contributed by atoms with van der Waals surface area (Å²) in [5, 5.41) is 8.45. The zero-order valence-corrected chi connectivity index (χ0v) is 12.1. The van der Waals surface area contributed by atoms with Crippen molar-refractivity contribution in [2.75, 3.05) is 14.2 Å². The number of carboxylic acids is 1. The molecule has 2 N–H and O–H groups in total. The Morgan fingerprint density at radius 1 is 1.14 bits per heavy atom. The van der Waals surface area contributed by atoms with Crippen molar-refractivity contribution in [3.05, 3.63) is 57.4 Å². The molecule has 0 amide bonds. The van der Waals surface area contributed by atoms with E-state index in [0.717, 1.165) is 4.57 Å². The third-order valence-corrected chi connectivity index (χ3v) is 2.49. The number of ether oxygens (including phenoxy) is 2. The molecule has 0 aliphatic heterocycles. The topological polar surface area (TPSA) is 111 Å². The monoisotopic (exact) mass is 308 g/mol. The Hall–Kier alpha value is -3.03. The second kappa shape index (κ2) is 8.30. The van der Waals surface area contributed by atoms with Crippen LogP contribution in [0.3, 0.4) is 0 Å². The Labute approximate surface area is 125 Å². The molecule has 0 atom stereocenters. The van der Waals surface area contributed by atoms with Crippen molar-refractivity contribution < 1.29 is 19.4 Å². The minimum absolute atomic E-state index is 0.115.